The second-order valence-electron chi connectivity index (χ2n) is 11.4. The zero-order valence-electron chi connectivity index (χ0n) is 24.1. The molecule has 0 atom stereocenters. The largest absolute Gasteiger partial charge is 0.309 e. The summed E-state index contributed by atoms with van der Waals surface area (Å²) in [6, 6.07) is 61.4. The molecule has 0 unspecified atom stereocenters. The van der Waals surface area contributed by atoms with Crippen LogP contribution in [0, 0.1) is 0 Å². The highest BCUT2D eigenvalue weighted by Gasteiger charge is 2.21. The van der Waals surface area contributed by atoms with Gasteiger partial charge in [-0.3, -0.25) is 0 Å². The summed E-state index contributed by atoms with van der Waals surface area (Å²) in [7, 11) is 0. The molecule has 0 aliphatic carbocycles. The van der Waals surface area contributed by atoms with Crippen LogP contribution < -0.4 is 0 Å². The molecule has 2 heterocycles. The first kappa shape index (κ1) is 24.7. The van der Waals surface area contributed by atoms with E-state index in [1.54, 1.807) is 0 Å². The maximum absolute atomic E-state index is 2.45. The Balaban J connectivity index is 1.43. The zero-order valence-corrected chi connectivity index (χ0v) is 24.1. The summed E-state index contributed by atoms with van der Waals surface area (Å²) in [5.74, 6) is 0. The number of rotatable bonds is 4. The first-order chi connectivity index (χ1) is 21.8. The molecule has 0 spiro atoms. The number of hydrogen-bond donors (Lipinski definition) is 0. The monoisotopic (exact) mass is 560 g/mol. The van der Waals surface area contributed by atoms with Gasteiger partial charge in [-0.2, -0.15) is 0 Å². The summed E-state index contributed by atoms with van der Waals surface area (Å²) in [5.41, 5.74) is 12.0. The molecular formula is C42H28N2. The number of nitrogens with zero attached hydrogens (tertiary/aromatic N) is 2. The van der Waals surface area contributed by atoms with E-state index in [2.05, 4.69) is 179 Å². The van der Waals surface area contributed by atoms with Gasteiger partial charge in [-0.15, -0.1) is 0 Å². The molecule has 7 aromatic carbocycles. The van der Waals surface area contributed by atoms with Gasteiger partial charge in [0.25, 0.3) is 0 Å². The van der Waals surface area contributed by atoms with E-state index >= 15 is 0 Å². The van der Waals surface area contributed by atoms with Gasteiger partial charge in [-0.05, 0) is 70.8 Å². The van der Waals surface area contributed by atoms with Crippen molar-refractivity contribution in [1.82, 2.24) is 9.13 Å². The second kappa shape index (κ2) is 9.86. The van der Waals surface area contributed by atoms with E-state index in [-0.39, 0.29) is 0 Å². The summed E-state index contributed by atoms with van der Waals surface area (Å²) in [6.07, 6.45) is 0. The Hall–Kier alpha value is -5.86. The van der Waals surface area contributed by atoms with Crippen molar-refractivity contribution in [1.29, 1.82) is 0 Å². The third-order valence-corrected chi connectivity index (χ3v) is 8.87. The van der Waals surface area contributed by atoms with Crippen molar-refractivity contribution in [2.45, 2.75) is 0 Å². The minimum atomic E-state index is 1.15. The average Bonchev–Trinajstić information content (AvgIpc) is 3.62. The van der Waals surface area contributed by atoms with Gasteiger partial charge in [0.1, 0.15) is 0 Å². The third kappa shape index (κ3) is 3.75. The highest BCUT2D eigenvalue weighted by molar-refractivity contribution is 6.26. The molecule has 0 saturated heterocycles. The van der Waals surface area contributed by atoms with E-state index < -0.39 is 0 Å². The van der Waals surface area contributed by atoms with Crippen molar-refractivity contribution in [3.05, 3.63) is 170 Å². The molecule has 2 nitrogen and oxygen atoms in total. The van der Waals surface area contributed by atoms with Crippen molar-refractivity contribution in [2.75, 3.05) is 0 Å². The smallest absolute Gasteiger partial charge is 0.0641 e. The van der Waals surface area contributed by atoms with Crippen LogP contribution in [0.1, 0.15) is 0 Å². The van der Waals surface area contributed by atoms with Crippen LogP contribution in [-0.2, 0) is 0 Å². The Morgan fingerprint density at radius 3 is 1.45 bits per heavy atom. The fourth-order valence-corrected chi connectivity index (χ4v) is 6.97. The molecule has 9 rings (SSSR count). The van der Waals surface area contributed by atoms with Crippen molar-refractivity contribution in [3.8, 4) is 33.6 Å². The first-order valence-electron chi connectivity index (χ1n) is 15.1. The van der Waals surface area contributed by atoms with Gasteiger partial charge >= 0.3 is 0 Å². The van der Waals surface area contributed by atoms with Gasteiger partial charge in [0, 0.05) is 32.9 Å². The van der Waals surface area contributed by atoms with Crippen LogP contribution in [0.3, 0.4) is 0 Å². The lowest BCUT2D eigenvalue weighted by molar-refractivity contribution is 1.17. The van der Waals surface area contributed by atoms with Gasteiger partial charge in [0.2, 0.25) is 0 Å². The molecule has 0 amide bonds. The van der Waals surface area contributed by atoms with Crippen LogP contribution in [0.4, 0.5) is 0 Å². The predicted molar refractivity (Wildman–Crippen MR) is 186 cm³/mol. The number of benzene rings is 7. The maximum atomic E-state index is 2.45. The van der Waals surface area contributed by atoms with E-state index in [1.807, 2.05) is 0 Å². The lowest BCUT2D eigenvalue weighted by Gasteiger charge is -2.14. The normalized spacial score (nSPS) is 11.6. The third-order valence-electron chi connectivity index (χ3n) is 8.87. The standard InChI is InChI=1S/C42H28N2/c1-4-14-29(15-5-1)31-26-32(30-16-6-2-7-17-30)28-34(27-31)43-39-23-13-11-21-37(39)41-40(43)25-24-36-35-20-10-12-22-38(35)44(42(36)41)33-18-8-3-9-19-33/h1-28H. The van der Waals surface area contributed by atoms with E-state index in [9.17, 15) is 0 Å². The van der Waals surface area contributed by atoms with Crippen LogP contribution in [0.25, 0.3) is 77.2 Å². The lowest BCUT2D eigenvalue weighted by Crippen LogP contribution is -1.96. The molecule has 9 aromatic rings. The first-order valence-corrected chi connectivity index (χ1v) is 15.1. The Morgan fingerprint density at radius 2 is 0.818 bits per heavy atom. The predicted octanol–water partition coefficient (Wildman–Crippen LogP) is 11.2. The van der Waals surface area contributed by atoms with Crippen LogP contribution in [0.2, 0.25) is 0 Å². The fraction of sp³-hybridized carbons (Fsp3) is 0. The molecule has 2 aromatic heterocycles. The van der Waals surface area contributed by atoms with Crippen molar-refractivity contribution in [3.63, 3.8) is 0 Å². The van der Waals surface area contributed by atoms with E-state index in [1.165, 1.54) is 71.6 Å². The molecule has 0 bridgehead atoms. The number of fused-ring (bicyclic) bond motifs is 7. The number of aromatic nitrogens is 2. The highest BCUT2D eigenvalue weighted by Crippen LogP contribution is 2.42. The van der Waals surface area contributed by atoms with Crippen LogP contribution in [0.15, 0.2) is 170 Å². The Bertz CT molecular complexity index is 2410. The van der Waals surface area contributed by atoms with Gasteiger partial charge in [0.15, 0.2) is 0 Å². The molecule has 0 saturated carbocycles. The summed E-state index contributed by atoms with van der Waals surface area (Å²) in [4.78, 5) is 0. The van der Waals surface area contributed by atoms with Gasteiger partial charge in [0.05, 0.1) is 22.1 Å². The van der Waals surface area contributed by atoms with Crippen molar-refractivity contribution < 1.29 is 0 Å². The molecular weight excluding hydrogens is 532 g/mol. The van der Waals surface area contributed by atoms with Crippen LogP contribution >= 0.6 is 0 Å². The minimum Gasteiger partial charge on any atom is -0.309 e. The SMILES string of the molecule is c1ccc(-c2cc(-c3ccccc3)cc(-n3c4ccccc4c4c3ccc3c5ccccc5n(-c5ccccc5)c34)c2)cc1. The molecule has 0 fully saturated rings. The minimum absolute atomic E-state index is 1.15. The number of hydrogen-bond acceptors (Lipinski definition) is 0. The topological polar surface area (TPSA) is 9.86 Å². The van der Waals surface area contributed by atoms with E-state index in [4.69, 9.17) is 0 Å². The molecule has 2 heteroatoms. The zero-order chi connectivity index (χ0) is 29.0. The van der Waals surface area contributed by atoms with Crippen LogP contribution in [-0.4, -0.2) is 9.13 Å². The summed E-state index contributed by atoms with van der Waals surface area (Å²) >= 11 is 0. The van der Waals surface area contributed by atoms with E-state index in [0.29, 0.717) is 0 Å². The number of para-hydroxylation sites is 3. The second-order valence-corrected chi connectivity index (χ2v) is 11.4. The Labute approximate surface area is 255 Å². The van der Waals surface area contributed by atoms with Crippen LogP contribution in [0.5, 0.6) is 0 Å². The fourth-order valence-electron chi connectivity index (χ4n) is 6.97. The molecule has 0 aliphatic rings. The van der Waals surface area contributed by atoms with Gasteiger partial charge in [-0.25, -0.2) is 0 Å². The average molecular weight is 561 g/mol. The molecule has 206 valence electrons. The van der Waals surface area contributed by atoms with E-state index in [0.717, 1.165) is 5.69 Å². The molecule has 0 N–H and O–H groups in total. The van der Waals surface area contributed by atoms with Crippen molar-refractivity contribution in [2.24, 2.45) is 0 Å². The van der Waals surface area contributed by atoms with Gasteiger partial charge in [-0.1, -0.05) is 121 Å². The summed E-state index contributed by atoms with van der Waals surface area (Å²) in [5, 5.41) is 5.05. The Kier molecular flexibility index (Phi) is 5.54. The highest BCUT2D eigenvalue weighted by atomic mass is 15.0. The lowest BCUT2D eigenvalue weighted by atomic mass is 9.98. The summed E-state index contributed by atoms with van der Waals surface area (Å²) in [6.45, 7) is 0. The summed E-state index contributed by atoms with van der Waals surface area (Å²) < 4.78 is 4.90. The molecule has 44 heavy (non-hydrogen) atoms. The quantitative estimate of drug-likeness (QED) is 0.203. The molecule has 0 radical (unpaired) electrons. The van der Waals surface area contributed by atoms with Crippen molar-refractivity contribution >= 4 is 43.6 Å². The van der Waals surface area contributed by atoms with Gasteiger partial charge < -0.3 is 9.13 Å². The Morgan fingerprint density at radius 1 is 0.295 bits per heavy atom. The molecule has 0 aliphatic heterocycles. The maximum Gasteiger partial charge on any atom is 0.0641 e.